The Bertz CT molecular complexity index is 1760. The molecule has 0 heterocycles. The molecule has 0 aliphatic carbocycles. The van der Waals surface area contributed by atoms with Gasteiger partial charge in [0.1, 0.15) is 30.5 Å². The average Bonchev–Trinajstić information content (AvgIpc) is 3.18. The fourth-order valence-electron chi connectivity index (χ4n) is 5.18. The number of carbonyl (C=O) groups excluding carboxylic acids is 2. The van der Waals surface area contributed by atoms with Gasteiger partial charge in [0.25, 0.3) is 0 Å². The third kappa shape index (κ3) is 13.0. The van der Waals surface area contributed by atoms with Gasteiger partial charge in [0, 0.05) is 12.5 Å². The number of halogens is 5. The SMILES string of the molecule is COc1ccc(/C=C/C(=O)OCCOc2ccc(-c3ccc(OCCCCCCCCCCC(=O)Oc4c(F)c(F)c(F)c(F)c4F)cc3)cc2)cc1. The highest BCUT2D eigenvalue weighted by Crippen LogP contribution is 2.30. The monoisotopic (exact) mass is 740 g/mol. The Kier molecular flexibility index (Phi) is 16.2. The number of ether oxygens (including phenoxy) is 5. The largest absolute Gasteiger partial charge is 0.497 e. The van der Waals surface area contributed by atoms with E-state index in [9.17, 15) is 31.5 Å². The van der Waals surface area contributed by atoms with Crippen LogP contribution in [0.15, 0.2) is 78.9 Å². The van der Waals surface area contributed by atoms with Gasteiger partial charge >= 0.3 is 11.9 Å². The summed E-state index contributed by atoms with van der Waals surface area (Å²) in [6.45, 7) is 0.931. The minimum Gasteiger partial charge on any atom is -0.497 e. The van der Waals surface area contributed by atoms with Gasteiger partial charge in [-0.1, -0.05) is 74.9 Å². The molecule has 0 saturated heterocycles. The number of hydrogen-bond donors (Lipinski definition) is 0. The van der Waals surface area contributed by atoms with E-state index in [0.29, 0.717) is 25.2 Å². The Morgan fingerprint density at radius 1 is 0.547 bits per heavy atom. The van der Waals surface area contributed by atoms with Crippen LogP contribution in [-0.4, -0.2) is 38.9 Å². The summed E-state index contributed by atoms with van der Waals surface area (Å²) in [4.78, 5) is 23.8. The number of carbonyl (C=O) groups is 2. The van der Waals surface area contributed by atoms with E-state index in [-0.39, 0.29) is 19.6 Å². The summed E-state index contributed by atoms with van der Waals surface area (Å²) in [5, 5.41) is 0. The van der Waals surface area contributed by atoms with E-state index in [0.717, 1.165) is 66.7 Å². The zero-order chi connectivity index (χ0) is 38.0. The predicted octanol–water partition coefficient (Wildman–Crippen LogP) is 10.2. The first-order valence-corrected chi connectivity index (χ1v) is 17.3. The summed E-state index contributed by atoms with van der Waals surface area (Å²) in [6.07, 6.45) is 9.52. The molecule has 0 bridgehead atoms. The van der Waals surface area contributed by atoms with Gasteiger partial charge < -0.3 is 23.7 Å². The minimum absolute atomic E-state index is 0.119. The van der Waals surface area contributed by atoms with Gasteiger partial charge in [0.2, 0.25) is 34.8 Å². The zero-order valence-corrected chi connectivity index (χ0v) is 29.3. The Balaban J connectivity index is 1.01. The highest BCUT2D eigenvalue weighted by molar-refractivity contribution is 5.87. The maximum Gasteiger partial charge on any atom is 0.330 e. The van der Waals surface area contributed by atoms with Crippen molar-refractivity contribution in [2.75, 3.05) is 26.9 Å². The van der Waals surface area contributed by atoms with Crippen LogP contribution in [0.5, 0.6) is 23.0 Å². The molecule has 4 rings (SSSR count). The van der Waals surface area contributed by atoms with Crippen LogP contribution in [0.2, 0.25) is 0 Å². The van der Waals surface area contributed by atoms with Gasteiger partial charge in [0.05, 0.1) is 13.7 Å². The molecular formula is C41H41F5O7. The van der Waals surface area contributed by atoms with Crippen molar-refractivity contribution in [3.05, 3.63) is 114 Å². The van der Waals surface area contributed by atoms with Gasteiger partial charge in [-0.05, 0) is 72.0 Å². The molecule has 0 atom stereocenters. The molecule has 0 spiro atoms. The summed E-state index contributed by atoms with van der Waals surface area (Å²) in [5.41, 5.74) is 2.90. The highest BCUT2D eigenvalue weighted by Gasteiger charge is 2.28. The smallest absolute Gasteiger partial charge is 0.330 e. The van der Waals surface area contributed by atoms with E-state index in [2.05, 4.69) is 4.74 Å². The average molecular weight is 741 g/mol. The van der Waals surface area contributed by atoms with Crippen molar-refractivity contribution < 1.29 is 55.2 Å². The highest BCUT2D eigenvalue weighted by atomic mass is 19.2. The van der Waals surface area contributed by atoms with Crippen LogP contribution in [-0.2, 0) is 14.3 Å². The Morgan fingerprint density at radius 3 is 1.57 bits per heavy atom. The summed E-state index contributed by atoms with van der Waals surface area (Å²) < 4.78 is 93.2. The van der Waals surface area contributed by atoms with E-state index in [1.165, 1.54) is 6.08 Å². The van der Waals surface area contributed by atoms with Crippen molar-refractivity contribution in [2.45, 2.75) is 57.8 Å². The lowest BCUT2D eigenvalue weighted by Crippen LogP contribution is -2.13. The third-order valence-corrected chi connectivity index (χ3v) is 8.10. The second kappa shape index (κ2) is 21.2. The molecule has 12 heteroatoms. The topological polar surface area (TPSA) is 80.3 Å². The molecule has 0 N–H and O–H groups in total. The standard InChI is InChI=1S/C41H41F5O7/c1-49-31-18-11-28(12-19-31)13-24-34(47)52-27-26-51-33-22-16-30(17-23-33)29-14-20-32(21-15-29)50-25-9-7-5-3-2-4-6-8-10-35(48)53-41-39(45)37(43)36(42)38(44)40(41)46/h11-24H,2-10,25-27H2,1H3/b24-13+. The molecule has 0 aromatic heterocycles. The zero-order valence-electron chi connectivity index (χ0n) is 29.3. The van der Waals surface area contributed by atoms with Crippen LogP contribution in [0.4, 0.5) is 22.0 Å². The van der Waals surface area contributed by atoms with Crippen molar-refractivity contribution in [3.8, 4) is 34.1 Å². The van der Waals surface area contributed by atoms with Gasteiger partial charge in [-0.25, -0.2) is 18.0 Å². The molecule has 0 amide bonds. The number of esters is 2. The van der Waals surface area contributed by atoms with Crippen LogP contribution < -0.4 is 18.9 Å². The Hall–Kier alpha value is -5.39. The number of unbranched alkanes of at least 4 members (excludes halogenated alkanes) is 7. The van der Waals surface area contributed by atoms with Gasteiger partial charge in [-0.15, -0.1) is 0 Å². The molecule has 0 aliphatic rings. The van der Waals surface area contributed by atoms with Gasteiger partial charge in [0.15, 0.2) is 0 Å². The molecule has 0 fully saturated rings. The first kappa shape index (κ1) is 40.4. The van der Waals surface area contributed by atoms with E-state index in [4.69, 9.17) is 18.9 Å². The Morgan fingerprint density at radius 2 is 1.02 bits per heavy atom. The number of rotatable bonds is 21. The molecule has 282 valence electrons. The molecule has 0 aliphatic heterocycles. The third-order valence-electron chi connectivity index (χ3n) is 8.10. The fourth-order valence-corrected chi connectivity index (χ4v) is 5.18. The van der Waals surface area contributed by atoms with E-state index in [1.807, 2.05) is 72.8 Å². The van der Waals surface area contributed by atoms with Crippen LogP contribution in [0.1, 0.15) is 63.4 Å². The first-order valence-electron chi connectivity index (χ1n) is 17.3. The lowest BCUT2D eigenvalue weighted by molar-refractivity contribution is -0.138. The van der Waals surface area contributed by atoms with Gasteiger partial charge in [-0.3, -0.25) is 4.79 Å². The summed E-state index contributed by atoms with van der Waals surface area (Å²) in [6, 6.07) is 22.8. The fraction of sp³-hybridized carbons (Fsp3) is 0.317. The van der Waals surface area contributed by atoms with Crippen LogP contribution >= 0.6 is 0 Å². The number of methoxy groups -OCH3 is 1. The minimum atomic E-state index is -2.31. The second-order valence-corrected chi connectivity index (χ2v) is 12.0. The van der Waals surface area contributed by atoms with Crippen LogP contribution in [0.3, 0.4) is 0 Å². The number of hydrogen-bond acceptors (Lipinski definition) is 7. The van der Waals surface area contributed by atoms with Crippen molar-refractivity contribution in [3.63, 3.8) is 0 Å². The normalized spacial score (nSPS) is 11.1. The first-order chi connectivity index (χ1) is 25.7. The van der Waals surface area contributed by atoms with Crippen molar-refractivity contribution in [1.29, 1.82) is 0 Å². The summed E-state index contributed by atoms with van der Waals surface area (Å²) >= 11 is 0. The second-order valence-electron chi connectivity index (χ2n) is 12.0. The molecule has 0 unspecified atom stereocenters. The van der Waals surface area contributed by atoms with E-state index >= 15 is 0 Å². The van der Waals surface area contributed by atoms with Gasteiger partial charge in [-0.2, -0.15) is 8.78 Å². The Labute approximate surface area is 305 Å². The maximum absolute atomic E-state index is 13.6. The molecule has 0 saturated carbocycles. The summed E-state index contributed by atoms with van der Waals surface area (Å²) in [5.74, 6) is -11.9. The molecule has 4 aromatic rings. The van der Waals surface area contributed by atoms with Crippen molar-refractivity contribution in [2.24, 2.45) is 0 Å². The summed E-state index contributed by atoms with van der Waals surface area (Å²) in [7, 11) is 1.59. The molecular weight excluding hydrogens is 699 g/mol. The van der Waals surface area contributed by atoms with Crippen molar-refractivity contribution >= 4 is 18.0 Å². The van der Waals surface area contributed by atoms with Crippen LogP contribution in [0.25, 0.3) is 17.2 Å². The lowest BCUT2D eigenvalue weighted by atomic mass is 10.1. The molecule has 7 nitrogen and oxygen atoms in total. The van der Waals surface area contributed by atoms with Crippen LogP contribution in [0, 0.1) is 29.1 Å². The quantitative estimate of drug-likeness (QED) is 0.0160. The van der Waals surface area contributed by atoms with E-state index in [1.54, 1.807) is 13.2 Å². The molecule has 53 heavy (non-hydrogen) atoms. The lowest BCUT2D eigenvalue weighted by Gasteiger charge is -2.09. The van der Waals surface area contributed by atoms with Crippen molar-refractivity contribution in [1.82, 2.24) is 0 Å². The molecule has 4 aromatic carbocycles. The predicted molar refractivity (Wildman–Crippen MR) is 189 cm³/mol. The molecule has 0 radical (unpaired) electrons. The maximum atomic E-state index is 13.6. The van der Waals surface area contributed by atoms with E-state index < -0.39 is 46.8 Å². The number of benzene rings is 4.